The first-order valence-electron chi connectivity index (χ1n) is 8.79. The monoisotopic (exact) mass is 357 g/mol. The second kappa shape index (κ2) is 8.52. The second-order valence-electron chi connectivity index (χ2n) is 6.02. The van der Waals surface area contributed by atoms with Crippen molar-refractivity contribution < 1.29 is 9.15 Å². The highest BCUT2D eigenvalue weighted by Gasteiger charge is 2.19. The number of likely N-dealkylation sites (N-methyl/N-ethyl adjacent to an activating group) is 1. The lowest BCUT2D eigenvalue weighted by Crippen LogP contribution is -2.27. The minimum absolute atomic E-state index is 0.236. The van der Waals surface area contributed by atoms with Crippen molar-refractivity contribution in [2.45, 2.75) is 20.0 Å². The summed E-state index contributed by atoms with van der Waals surface area (Å²) < 4.78 is 12.3. The number of halogens is 1. The number of fused-ring (bicyclic) bond motifs is 1. The third kappa shape index (κ3) is 4.43. The van der Waals surface area contributed by atoms with Gasteiger partial charge in [0.05, 0.1) is 6.61 Å². The van der Waals surface area contributed by atoms with E-state index in [9.17, 15) is 0 Å². The van der Waals surface area contributed by atoms with E-state index in [0.717, 1.165) is 46.9 Å². The van der Waals surface area contributed by atoms with Crippen molar-refractivity contribution in [3.8, 4) is 0 Å². The average molecular weight is 358 g/mol. The molecule has 0 aliphatic heterocycles. The van der Waals surface area contributed by atoms with E-state index >= 15 is 0 Å². The van der Waals surface area contributed by atoms with Crippen molar-refractivity contribution in [2.75, 3.05) is 26.2 Å². The average Bonchev–Trinajstić information content (AvgIpc) is 3.07. The molecule has 1 aromatic heterocycles. The largest absolute Gasteiger partial charge is 0.458 e. The molecule has 0 fully saturated rings. The minimum atomic E-state index is -0.236. The summed E-state index contributed by atoms with van der Waals surface area (Å²) in [5.74, 6) is 0.822. The Hall–Kier alpha value is -1.81. The van der Waals surface area contributed by atoms with E-state index in [2.05, 4.69) is 30.9 Å². The molecule has 0 N–H and O–H groups in total. The lowest BCUT2D eigenvalue weighted by Gasteiger charge is -2.21. The Morgan fingerprint density at radius 1 is 1.04 bits per heavy atom. The van der Waals surface area contributed by atoms with Gasteiger partial charge in [0.2, 0.25) is 0 Å². The van der Waals surface area contributed by atoms with Gasteiger partial charge in [-0.15, -0.1) is 0 Å². The van der Waals surface area contributed by atoms with Gasteiger partial charge in [-0.3, -0.25) is 0 Å². The first kappa shape index (κ1) is 18.0. The zero-order valence-corrected chi connectivity index (χ0v) is 15.5. The molecule has 0 radical (unpaired) electrons. The number of rotatable bonds is 8. The molecular weight excluding hydrogens is 334 g/mol. The van der Waals surface area contributed by atoms with Gasteiger partial charge in [0, 0.05) is 17.0 Å². The van der Waals surface area contributed by atoms with E-state index in [1.165, 1.54) is 0 Å². The van der Waals surface area contributed by atoms with Gasteiger partial charge in [0.25, 0.3) is 0 Å². The highest BCUT2D eigenvalue weighted by atomic mass is 35.5. The highest BCUT2D eigenvalue weighted by molar-refractivity contribution is 6.30. The molecule has 3 aromatic rings. The van der Waals surface area contributed by atoms with Crippen LogP contribution in [0.25, 0.3) is 11.0 Å². The Kier molecular flexibility index (Phi) is 6.14. The molecule has 4 heteroatoms. The van der Waals surface area contributed by atoms with Gasteiger partial charge in [0.15, 0.2) is 0 Å². The van der Waals surface area contributed by atoms with Crippen LogP contribution < -0.4 is 0 Å². The van der Waals surface area contributed by atoms with Gasteiger partial charge < -0.3 is 14.1 Å². The summed E-state index contributed by atoms with van der Waals surface area (Å²) in [6, 6.07) is 17.9. The molecule has 0 saturated heterocycles. The number of nitrogens with zero attached hydrogens (tertiary/aromatic N) is 1. The van der Waals surface area contributed by atoms with Crippen LogP contribution >= 0.6 is 11.6 Å². The third-order valence-electron chi connectivity index (χ3n) is 4.46. The number of furan rings is 1. The van der Waals surface area contributed by atoms with Crippen LogP contribution in [0, 0.1) is 0 Å². The zero-order chi connectivity index (χ0) is 17.6. The van der Waals surface area contributed by atoms with Crippen LogP contribution in [-0.2, 0) is 4.74 Å². The normalized spacial score (nSPS) is 12.8. The molecule has 0 spiro atoms. The van der Waals surface area contributed by atoms with Crippen LogP contribution in [0.15, 0.2) is 59.0 Å². The van der Waals surface area contributed by atoms with Gasteiger partial charge in [-0.1, -0.05) is 55.8 Å². The molecule has 25 heavy (non-hydrogen) atoms. The van der Waals surface area contributed by atoms with Crippen LogP contribution in [0.5, 0.6) is 0 Å². The maximum Gasteiger partial charge on any atom is 0.140 e. The Labute approximate surface area is 154 Å². The van der Waals surface area contributed by atoms with Crippen LogP contribution in [0.2, 0.25) is 5.02 Å². The molecular formula is C21H24ClNO2. The fourth-order valence-electron chi connectivity index (χ4n) is 2.95. The number of hydrogen-bond acceptors (Lipinski definition) is 3. The Morgan fingerprint density at radius 2 is 1.76 bits per heavy atom. The second-order valence-corrected chi connectivity index (χ2v) is 6.45. The van der Waals surface area contributed by atoms with E-state index < -0.39 is 0 Å². The quantitative estimate of drug-likeness (QED) is 0.529. The van der Waals surface area contributed by atoms with Crippen molar-refractivity contribution in [2.24, 2.45) is 0 Å². The summed E-state index contributed by atoms with van der Waals surface area (Å²) in [5.41, 5.74) is 1.92. The van der Waals surface area contributed by atoms with Gasteiger partial charge in [0.1, 0.15) is 17.4 Å². The van der Waals surface area contributed by atoms with Crippen LogP contribution in [0.4, 0.5) is 0 Å². The summed E-state index contributed by atoms with van der Waals surface area (Å²) in [4.78, 5) is 2.34. The van der Waals surface area contributed by atoms with Crippen molar-refractivity contribution >= 4 is 22.6 Å². The van der Waals surface area contributed by atoms with E-state index in [4.69, 9.17) is 20.8 Å². The predicted octanol–water partition coefficient (Wildman–Crippen LogP) is 5.53. The summed E-state index contributed by atoms with van der Waals surface area (Å²) in [6.07, 6.45) is -0.236. The minimum Gasteiger partial charge on any atom is -0.458 e. The molecule has 132 valence electrons. The third-order valence-corrected chi connectivity index (χ3v) is 4.71. The van der Waals surface area contributed by atoms with Crippen molar-refractivity contribution in [3.05, 3.63) is 70.9 Å². The molecule has 0 aliphatic carbocycles. The first-order valence-corrected chi connectivity index (χ1v) is 9.17. The van der Waals surface area contributed by atoms with Gasteiger partial charge in [-0.25, -0.2) is 0 Å². The zero-order valence-electron chi connectivity index (χ0n) is 14.7. The van der Waals surface area contributed by atoms with Gasteiger partial charge in [-0.2, -0.15) is 0 Å². The fraction of sp³-hybridized carbons (Fsp3) is 0.333. The fourth-order valence-corrected chi connectivity index (χ4v) is 3.08. The number of hydrogen-bond donors (Lipinski definition) is 0. The summed E-state index contributed by atoms with van der Waals surface area (Å²) >= 11 is 6.04. The standard InChI is InChI=1S/C21H24ClNO2/c1-3-23(4-2)13-14-24-21(16-9-11-18(22)12-10-16)20-15-17-7-5-6-8-19(17)25-20/h5-12,15,21H,3-4,13-14H2,1-2H3/t21-/m0/s1. The summed E-state index contributed by atoms with van der Waals surface area (Å²) in [5, 5.41) is 1.80. The Bertz CT molecular complexity index is 760. The maximum absolute atomic E-state index is 6.24. The molecule has 1 heterocycles. The molecule has 1 atom stereocenters. The topological polar surface area (TPSA) is 25.6 Å². The van der Waals surface area contributed by atoms with Crippen LogP contribution in [-0.4, -0.2) is 31.1 Å². The lowest BCUT2D eigenvalue weighted by molar-refractivity contribution is 0.0504. The van der Waals surface area contributed by atoms with Gasteiger partial charge in [-0.05, 0) is 42.9 Å². The predicted molar refractivity (Wildman–Crippen MR) is 103 cm³/mol. The molecule has 3 nitrogen and oxygen atoms in total. The number of benzene rings is 2. The first-order chi connectivity index (χ1) is 12.2. The summed E-state index contributed by atoms with van der Waals surface area (Å²) in [6.45, 7) is 7.93. The Balaban J connectivity index is 1.84. The molecule has 0 amide bonds. The van der Waals surface area contributed by atoms with Crippen molar-refractivity contribution in [3.63, 3.8) is 0 Å². The molecule has 0 bridgehead atoms. The molecule has 0 aliphatic rings. The number of ether oxygens (including phenoxy) is 1. The summed E-state index contributed by atoms with van der Waals surface area (Å²) in [7, 11) is 0. The van der Waals surface area contributed by atoms with Crippen LogP contribution in [0.1, 0.15) is 31.3 Å². The molecule has 0 saturated carbocycles. The lowest BCUT2D eigenvalue weighted by atomic mass is 10.1. The van der Waals surface area contributed by atoms with E-state index in [0.29, 0.717) is 6.61 Å². The van der Waals surface area contributed by atoms with Crippen LogP contribution in [0.3, 0.4) is 0 Å². The van der Waals surface area contributed by atoms with E-state index in [1.54, 1.807) is 0 Å². The molecule has 0 unspecified atom stereocenters. The molecule has 3 rings (SSSR count). The van der Waals surface area contributed by atoms with E-state index in [1.807, 2.05) is 42.5 Å². The Morgan fingerprint density at radius 3 is 2.44 bits per heavy atom. The van der Waals surface area contributed by atoms with Gasteiger partial charge >= 0.3 is 0 Å². The molecule has 2 aromatic carbocycles. The SMILES string of the molecule is CCN(CC)CCO[C@@H](c1ccc(Cl)cc1)c1cc2ccccc2o1. The highest BCUT2D eigenvalue weighted by Crippen LogP contribution is 2.31. The number of para-hydroxylation sites is 1. The smallest absolute Gasteiger partial charge is 0.140 e. The van der Waals surface area contributed by atoms with Crippen molar-refractivity contribution in [1.29, 1.82) is 0 Å². The van der Waals surface area contributed by atoms with E-state index in [-0.39, 0.29) is 6.10 Å². The maximum atomic E-state index is 6.24. The van der Waals surface area contributed by atoms with Crippen molar-refractivity contribution in [1.82, 2.24) is 4.90 Å².